The molecule has 3 aromatic rings. The second-order valence-corrected chi connectivity index (χ2v) is 6.46. The maximum atomic E-state index is 14.3. The summed E-state index contributed by atoms with van der Waals surface area (Å²) < 4.78 is 28.5. The summed E-state index contributed by atoms with van der Waals surface area (Å²) in [7, 11) is 0. The third-order valence-electron chi connectivity index (χ3n) is 4.61. The van der Waals surface area contributed by atoms with Gasteiger partial charge in [-0.3, -0.25) is 9.98 Å². The van der Waals surface area contributed by atoms with Gasteiger partial charge in [-0.15, -0.1) is 0 Å². The van der Waals surface area contributed by atoms with Crippen LogP contribution in [0.4, 0.5) is 8.78 Å². The Bertz CT molecular complexity index is 1020. The Labute approximate surface area is 156 Å². The van der Waals surface area contributed by atoms with Crippen LogP contribution in [0.2, 0.25) is 0 Å². The van der Waals surface area contributed by atoms with Crippen molar-refractivity contribution in [3.63, 3.8) is 0 Å². The predicted molar refractivity (Wildman–Crippen MR) is 105 cm³/mol. The van der Waals surface area contributed by atoms with E-state index in [9.17, 15) is 8.78 Å². The maximum Gasteiger partial charge on any atom is 0.131 e. The van der Waals surface area contributed by atoms with E-state index in [0.717, 1.165) is 41.8 Å². The molecule has 1 aliphatic heterocycles. The fraction of sp³-hybridized carbons (Fsp3) is 0.130. The molecule has 4 heteroatoms. The van der Waals surface area contributed by atoms with E-state index in [1.54, 1.807) is 42.7 Å². The van der Waals surface area contributed by atoms with Gasteiger partial charge in [-0.05, 0) is 60.4 Å². The molecule has 0 saturated carbocycles. The van der Waals surface area contributed by atoms with Crippen LogP contribution in [0.3, 0.4) is 0 Å². The minimum atomic E-state index is -0.438. The average molecular weight is 360 g/mol. The van der Waals surface area contributed by atoms with Crippen molar-refractivity contribution >= 4 is 11.8 Å². The summed E-state index contributed by atoms with van der Waals surface area (Å²) in [5.41, 5.74) is 4.33. The first-order valence-corrected chi connectivity index (χ1v) is 8.92. The summed E-state index contributed by atoms with van der Waals surface area (Å²) >= 11 is 0. The molecule has 0 spiro atoms. The van der Waals surface area contributed by atoms with Crippen LogP contribution < -0.4 is 0 Å². The van der Waals surface area contributed by atoms with Gasteiger partial charge >= 0.3 is 0 Å². The second-order valence-electron chi connectivity index (χ2n) is 6.46. The molecule has 0 saturated heterocycles. The van der Waals surface area contributed by atoms with Gasteiger partial charge < -0.3 is 0 Å². The minimum absolute atomic E-state index is 0.262. The molecular weight excluding hydrogens is 342 g/mol. The van der Waals surface area contributed by atoms with E-state index in [4.69, 9.17) is 0 Å². The smallest absolute Gasteiger partial charge is 0.131 e. The molecule has 0 N–H and O–H groups in total. The maximum absolute atomic E-state index is 14.3. The summed E-state index contributed by atoms with van der Waals surface area (Å²) in [4.78, 5) is 8.84. The van der Waals surface area contributed by atoms with E-state index in [2.05, 4.69) is 9.98 Å². The number of aromatic nitrogens is 1. The van der Waals surface area contributed by atoms with Crippen molar-refractivity contribution in [1.29, 1.82) is 0 Å². The van der Waals surface area contributed by atoms with Gasteiger partial charge in [-0.2, -0.15) is 0 Å². The largest absolute Gasteiger partial charge is 0.284 e. The molecule has 0 radical (unpaired) electrons. The zero-order valence-electron chi connectivity index (χ0n) is 14.7. The van der Waals surface area contributed by atoms with Gasteiger partial charge in [0.15, 0.2) is 0 Å². The SMILES string of the molecule is Fc1ccccc1-c1cc(/C=C2/CCCN=C2c2cccnc2)ccc1F. The van der Waals surface area contributed by atoms with Crippen molar-refractivity contribution in [3.8, 4) is 11.1 Å². The monoisotopic (exact) mass is 360 g/mol. The number of hydrogen-bond acceptors (Lipinski definition) is 2. The zero-order chi connectivity index (χ0) is 18.6. The lowest BCUT2D eigenvalue weighted by molar-refractivity contribution is 0.616. The summed E-state index contributed by atoms with van der Waals surface area (Å²) in [5, 5.41) is 0. The van der Waals surface area contributed by atoms with Crippen LogP contribution in [0.5, 0.6) is 0 Å². The van der Waals surface area contributed by atoms with Gasteiger partial charge in [-0.1, -0.05) is 24.3 Å². The van der Waals surface area contributed by atoms with Crippen LogP contribution in [0, 0.1) is 11.6 Å². The molecule has 0 unspecified atom stereocenters. The summed E-state index contributed by atoms with van der Waals surface area (Å²) in [6, 6.07) is 14.9. The zero-order valence-corrected chi connectivity index (χ0v) is 14.7. The van der Waals surface area contributed by atoms with Crippen LogP contribution in [0.25, 0.3) is 17.2 Å². The lowest BCUT2D eigenvalue weighted by Gasteiger charge is -2.16. The fourth-order valence-corrected chi connectivity index (χ4v) is 3.32. The highest BCUT2D eigenvalue weighted by atomic mass is 19.1. The van der Waals surface area contributed by atoms with Crippen LogP contribution in [-0.2, 0) is 0 Å². The fourth-order valence-electron chi connectivity index (χ4n) is 3.32. The molecule has 134 valence electrons. The number of rotatable bonds is 3. The van der Waals surface area contributed by atoms with E-state index < -0.39 is 11.6 Å². The number of aliphatic imine (C=N–C) groups is 1. The molecule has 0 amide bonds. The van der Waals surface area contributed by atoms with Gasteiger partial charge in [0.25, 0.3) is 0 Å². The normalized spacial score (nSPS) is 15.6. The number of benzene rings is 2. The van der Waals surface area contributed by atoms with Crippen molar-refractivity contribution in [1.82, 2.24) is 4.98 Å². The summed E-state index contributed by atoms with van der Waals surface area (Å²) in [6.07, 6.45) is 7.40. The number of allylic oxidation sites excluding steroid dienone is 1. The Hall–Kier alpha value is -3.14. The summed E-state index contributed by atoms with van der Waals surface area (Å²) in [5.74, 6) is -0.872. The van der Waals surface area contributed by atoms with E-state index in [-0.39, 0.29) is 11.1 Å². The molecular formula is C23H18F2N2. The van der Waals surface area contributed by atoms with Crippen LogP contribution >= 0.6 is 0 Å². The average Bonchev–Trinajstić information content (AvgIpc) is 2.71. The Morgan fingerprint density at radius 3 is 2.56 bits per heavy atom. The van der Waals surface area contributed by atoms with Crippen LogP contribution in [0.1, 0.15) is 24.0 Å². The molecule has 4 rings (SSSR count). The van der Waals surface area contributed by atoms with E-state index in [1.807, 2.05) is 18.2 Å². The molecule has 2 aromatic carbocycles. The van der Waals surface area contributed by atoms with Crippen molar-refractivity contribution < 1.29 is 8.78 Å². The molecule has 2 nitrogen and oxygen atoms in total. The van der Waals surface area contributed by atoms with Crippen molar-refractivity contribution in [2.75, 3.05) is 6.54 Å². The number of halogens is 2. The van der Waals surface area contributed by atoms with Crippen LogP contribution in [-0.4, -0.2) is 17.2 Å². The first-order valence-electron chi connectivity index (χ1n) is 8.92. The third kappa shape index (κ3) is 3.70. The van der Waals surface area contributed by atoms with E-state index >= 15 is 0 Å². The molecule has 2 heterocycles. The lowest BCUT2D eigenvalue weighted by Crippen LogP contribution is -2.11. The minimum Gasteiger partial charge on any atom is -0.284 e. The molecule has 1 aromatic heterocycles. The van der Waals surface area contributed by atoms with Crippen molar-refractivity contribution in [3.05, 3.63) is 95.3 Å². The second kappa shape index (κ2) is 7.62. The first-order chi connectivity index (χ1) is 13.2. The van der Waals surface area contributed by atoms with E-state index in [0.29, 0.717) is 0 Å². The van der Waals surface area contributed by atoms with Gasteiger partial charge in [0.1, 0.15) is 11.6 Å². The Morgan fingerprint density at radius 1 is 0.889 bits per heavy atom. The Balaban J connectivity index is 1.76. The molecule has 0 atom stereocenters. The Morgan fingerprint density at radius 2 is 1.74 bits per heavy atom. The molecule has 0 aliphatic carbocycles. The highest BCUT2D eigenvalue weighted by Crippen LogP contribution is 2.28. The van der Waals surface area contributed by atoms with Gasteiger partial charge in [0.2, 0.25) is 0 Å². The van der Waals surface area contributed by atoms with Crippen molar-refractivity contribution in [2.45, 2.75) is 12.8 Å². The van der Waals surface area contributed by atoms with Crippen molar-refractivity contribution in [2.24, 2.45) is 4.99 Å². The molecule has 27 heavy (non-hydrogen) atoms. The topological polar surface area (TPSA) is 25.2 Å². The number of nitrogens with zero attached hydrogens (tertiary/aromatic N) is 2. The van der Waals surface area contributed by atoms with Gasteiger partial charge in [0, 0.05) is 35.6 Å². The van der Waals surface area contributed by atoms with Gasteiger partial charge in [0.05, 0.1) is 5.71 Å². The highest BCUT2D eigenvalue weighted by molar-refractivity contribution is 6.15. The molecule has 0 fully saturated rings. The Kier molecular flexibility index (Phi) is 4.88. The van der Waals surface area contributed by atoms with E-state index in [1.165, 1.54) is 12.1 Å². The lowest BCUT2D eigenvalue weighted by atomic mass is 9.94. The summed E-state index contributed by atoms with van der Waals surface area (Å²) in [6.45, 7) is 0.783. The molecule has 1 aliphatic rings. The predicted octanol–water partition coefficient (Wildman–Crippen LogP) is 5.69. The van der Waals surface area contributed by atoms with Crippen LogP contribution in [0.15, 0.2) is 77.6 Å². The van der Waals surface area contributed by atoms with Gasteiger partial charge in [-0.25, -0.2) is 8.78 Å². The highest BCUT2D eigenvalue weighted by Gasteiger charge is 2.15. The molecule has 0 bridgehead atoms. The third-order valence-corrected chi connectivity index (χ3v) is 4.61. The number of pyridine rings is 1. The standard InChI is InChI=1S/C23H18F2N2/c24-21-8-2-1-7-19(21)20-14-16(9-10-22(20)25)13-17-5-4-12-27-23(17)18-6-3-11-26-15-18/h1-3,6-11,13-15H,4-5,12H2/b17-13-. The quantitative estimate of drug-likeness (QED) is 0.589. The first kappa shape index (κ1) is 17.3. The number of hydrogen-bond donors (Lipinski definition) is 0.